The van der Waals surface area contributed by atoms with Gasteiger partial charge in [-0.3, -0.25) is 9.52 Å². The smallest absolute Gasteiger partial charge is 0.428 e. The van der Waals surface area contributed by atoms with E-state index in [1.807, 2.05) is 0 Å². The van der Waals surface area contributed by atoms with Crippen LogP contribution in [-0.2, 0) is 10.0 Å². The molecule has 0 radical (unpaired) electrons. The van der Waals surface area contributed by atoms with Crippen LogP contribution in [0.2, 0.25) is 0 Å². The van der Waals surface area contributed by atoms with Crippen molar-refractivity contribution >= 4 is 15.7 Å². The highest BCUT2D eigenvalue weighted by molar-refractivity contribution is 7.92. The number of anilines is 1. The van der Waals surface area contributed by atoms with E-state index in [1.165, 1.54) is 56.7 Å². The summed E-state index contributed by atoms with van der Waals surface area (Å²) in [5, 5.41) is 10.9. The lowest BCUT2D eigenvalue weighted by atomic mass is 9.96. The van der Waals surface area contributed by atoms with Crippen molar-refractivity contribution in [3.05, 3.63) is 61.9 Å². The number of hydrogen-bond donors (Lipinski definition) is 3. The largest absolute Gasteiger partial charge is 0.491 e. The van der Waals surface area contributed by atoms with Crippen LogP contribution < -0.4 is 16.0 Å². The van der Waals surface area contributed by atoms with Crippen LogP contribution in [0.4, 0.5) is 5.69 Å². The standard InChI is InChI=1S/C29H41N3O6S/c1-5-6-7-8-9-10-11-12-13-14-18-39(36,37)31-26-21(3)19-20(2)25(22(26)4)27-28(34)32(29(35)38-27)23-16-15-17-24(33)30-23/h15-17,19,31,34H,5-14,18H2,1-4H3,(H,30,33). The fourth-order valence-corrected chi connectivity index (χ4v) is 6.30. The Morgan fingerprint density at radius 2 is 1.54 bits per heavy atom. The van der Waals surface area contributed by atoms with Crippen LogP contribution in [0.3, 0.4) is 0 Å². The third-order valence-corrected chi connectivity index (χ3v) is 8.34. The van der Waals surface area contributed by atoms with Crippen LogP contribution >= 0.6 is 0 Å². The first-order valence-electron chi connectivity index (χ1n) is 13.8. The second kappa shape index (κ2) is 13.7. The van der Waals surface area contributed by atoms with Crippen molar-refractivity contribution in [2.45, 2.75) is 91.9 Å². The zero-order chi connectivity index (χ0) is 28.6. The van der Waals surface area contributed by atoms with Crippen LogP contribution in [0, 0.1) is 20.8 Å². The van der Waals surface area contributed by atoms with E-state index in [9.17, 15) is 23.1 Å². The lowest BCUT2D eigenvalue weighted by Gasteiger charge is -2.18. The lowest BCUT2D eigenvalue weighted by molar-refractivity contribution is 0.440. The average Bonchev–Trinajstić information content (AvgIpc) is 3.16. The first-order chi connectivity index (χ1) is 18.6. The molecular formula is C29H41N3O6S. The van der Waals surface area contributed by atoms with E-state index < -0.39 is 27.2 Å². The lowest BCUT2D eigenvalue weighted by Crippen LogP contribution is -2.18. The minimum Gasteiger partial charge on any atom is -0.491 e. The molecule has 3 aromatic rings. The van der Waals surface area contributed by atoms with Gasteiger partial charge in [-0.1, -0.05) is 76.8 Å². The maximum absolute atomic E-state index is 12.9. The van der Waals surface area contributed by atoms with Gasteiger partial charge in [0.25, 0.3) is 0 Å². The number of unbranched alkanes of at least 4 members (excludes halogenated alkanes) is 9. The van der Waals surface area contributed by atoms with E-state index in [4.69, 9.17) is 4.42 Å². The Hall–Kier alpha value is -3.27. The van der Waals surface area contributed by atoms with Crippen molar-refractivity contribution in [3.8, 4) is 23.0 Å². The number of sulfonamides is 1. The van der Waals surface area contributed by atoms with Crippen LogP contribution in [0.25, 0.3) is 17.1 Å². The zero-order valence-electron chi connectivity index (χ0n) is 23.4. The molecule has 3 N–H and O–H groups in total. The predicted molar refractivity (Wildman–Crippen MR) is 155 cm³/mol. The topological polar surface area (TPSA) is 134 Å². The van der Waals surface area contributed by atoms with Crippen molar-refractivity contribution in [2.24, 2.45) is 0 Å². The van der Waals surface area contributed by atoms with Crippen molar-refractivity contribution in [1.82, 2.24) is 9.55 Å². The van der Waals surface area contributed by atoms with Gasteiger partial charge in [-0.15, -0.1) is 0 Å². The van der Waals surface area contributed by atoms with Crippen molar-refractivity contribution in [2.75, 3.05) is 10.5 Å². The Morgan fingerprint density at radius 3 is 2.15 bits per heavy atom. The van der Waals surface area contributed by atoms with E-state index >= 15 is 0 Å². The second-order valence-electron chi connectivity index (χ2n) is 10.2. The molecule has 0 spiro atoms. The summed E-state index contributed by atoms with van der Waals surface area (Å²) in [5.74, 6) is -1.40. The predicted octanol–water partition coefficient (Wildman–Crippen LogP) is 6.08. The molecule has 0 unspecified atom stereocenters. The molecule has 0 saturated heterocycles. The molecule has 0 fully saturated rings. The molecule has 0 aliphatic carbocycles. The quantitative estimate of drug-likeness (QED) is 0.193. The molecule has 0 amide bonds. The van der Waals surface area contributed by atoms with Crippen LogP contribution in [0.15, 0.2) is 38.3 Å². The fourth-order valence-electron chi connectivity index (χ4n) is 4.99. The summed E-state index contributed by atoms with van der Waals surface area (Å²) in [6.07, 6.45) is 11.2. The highest BCUT2D eigenvalue weighted by atomic mass is 32.2. The van der Waals surface area contributed by atoms with Gasteiger partial charge in [0.1, 0.15) is 5.82 Å². The number of aromatic amines is 1. The van der Waals surface area contributed by atoms with Crippen molar-refractivity contribution in [3.63, 3.8) is 0 Å². The molecule has 2 heterocycles. The summed E-state index contributed by atoms with van der Waals surface area (Å²) in [6, 6.07) is 5.98. The van der Waals surface area contributed by atoms with E-state index in [-0.39, 0.29) is 17.3 Å². The number of aromatic hydroxyl groups is 1. The summed E-state index contributed by atoms with van der Waals surface area (Å²) in [6.45, 7) is 7.52. The van der Waals surface area contributed by atoms with Crippen LogP contribution in [-0.4, -0.2) is 28.8 Å². The number of H-pyrrole nitrogens is 1. The number of aryl methyl sites for hydroxylation is 2. The van der Waals surface area contributed by atoms with Crippen molar-refractivity contribution in [1.29, 1.82) is 0 Å². The van der Waals surface area contributed by atoms with Gasteiger partial charge in [-0.05, 0) is 49.9 Å². The molecule has 39 heavy (non-hydrogen) atoms. The number of benzene rings is 1. The van der Waals surface area contributed by atoms with Gasteiger partial charge in [0.15, 0.2) is 0 Å². The number of nitrogens with one attached hydrogen (secondary N) is 2. The summed E-state index contributed by atoms with van der Waals surface area (Å²) in [4.78, 5) is 26.8. The number of pyridine rings is 1. The minimum absolute atomic E-state index is 0.0175. The number of hydrogen-bond acceptors (Lipinski definition) is 6. The molecule has 0 saturated carbocycles. The first kappa shape index (κ1) is 30.3. The Morgan fingerprint density at radius 1 is 0.923 bits per heavy atom. The molecule has 0 aliphatic heterocycles. The maximum Gasteiger partial charge on any atom is 0.428 e. The van der Waals surface area contributed by atoms with Gasteiger partial charge in [0.2, 0.25) is 27.2 Å². The molecule has 1 aromatic carbocycles. The van der Waals surface area contributed by atoms with Gasteiger partial charge >= 0.3 is 5.76 Å². The third kappa shape index (κ3) is 7.88. The zero-order valence-corrected chi connectivity index (χ0v) is 24.2. The van der Waals surface area contributed by atoms with E-state index in [1.54, 1.807) is 26.8 Å². The third-order valence-electron chi connectivity index (χ3n) is 7.00. The molecule has 9 nitrogen and oxygen atoms in total. The Labute approximate surface area is 230 Å². The Kier molecular flexibility index (Phi) is 10.6. The molecule has 0 bridgehead atoms. The summed E-state index contributed by atoms with van der Waals surface area (Å²) in [5.41, 5.74) is 2.30. The fraction of sp³-hybridized carbons (Fsp3) is 0.517. The monoisotopic (exact) mass is 559 g/mol. The summed E-state index contributed by atoms with van der Waals surface area (Å²) >= 11 is 0. The van der Waals surface area contributed by atoms with Gasteiger partial charge in [-0.2, -0.15) is 4.57 Å². The molecular weight excluding hydrogens is 518 g/mol. The van der Waals surface area contributed by atoms with Gasteiger partial charge in [-0.25, -0.2) is 13.2 Å². The number of aromatic nitrogens is 2. The average molecular weight is 560 g/mol. The SMILES string of the molecule is CCCCCCCCCCCCS(=O)(=O)Nc1c(C)cc(C)c(-c2oc(=O)n(-c3cccc(=O)[nH]3)c2O)c1C. The van der Waals surface area contributed by atoms with Gasteiger partial charge in [0, 0.05) is 11.6 Å². The first-order valence-corrected chi connectivity index (χ1v) is 15.5. The maximum atomic E-state index is 12.9. The molecule has 2 aromatic heterocycles. The van der Waals surface area contributed by atoms with Crippen LogP contribution in [0.5, 0.6) is 5.88 Å². The van der Waals surface area contributed by atoms with E-state index in [2.05, 4.69) is 16.6 Å². The molecule has 214 valence electrons. The Bertz CT molecular complexity index is 1480. The Balaban J connectivity index is 1.73. The van der Waals surface area contributed by atoms with Gasteiger partial charge in [0.05, 0.1) is 11.4 Å². The number of oxazole rings is 1. The molecule has 0 aliphatic rings. The minimum atomic E-state index is -3.61. The summed E-state index contributed by atoms with van der Waals surface area (Å²) < 4.78 is 34.9. The number of rotatable bonds is 15. The molecule has 0 atom stereocenters. The highest BCUT2D eigenvalue weighted by Crippen LogP contribution is 2.39. The number of nitrogens with zero attached hydrogens (tertiary/aromatic N) is 1. The van der Waals surface area contributed by atoms with E-state index in [0.717, 1.165) is 23.8 Å². The van der Waals surface area contributed by atoms with Crippen LogP contribution in [0.1, 0.15) is 87.8 Å². The summed E-state index contributed by atoms with van der Waals surface area (Å²) in [7, 11) is -3.61. The van der Waals surface area contributed by atoms with E-state index in [0.29, 0.717) is 34.4 Å². The molecule has 10 heteroatoms. The van der Waals surface area contributed by atoms with Crippen molar-refractivity contribution < 1.29 is 17.9 Å². The normalized spacial score (nSPS) is 11.7. The molecule has 3 rings (SSSR count). The highest BCUT2D eigenvalue weighted by Gasteiger charge is 2.25. The van der Waals surface area contributed by atoms with Gasteiger partial charge < -0.3 is 14.5 Å². The second-order valence-corrected chi connectivity index (χ2v) is 12.1.